The quantitative estimate of drug-likeness (QED) is 0.729. The van der Waals surface area contributed by atoms with E-state index in [9.17, 15) is 0 Å². The van der Waals surface area contributed by atoms with Crippen LogP contribution in [-0.2, 0) is 14.2 Å². The topological polar surface area (TPSA) is 39.7 Å². The summed E-state index contributed by atoms with van der Waals surface area (Å²) >= 11 is 0. The van der Waals surface area contributed by atoms with Gasteiger partial charge in [0.15, 0.2) is 0 Å². The van der Waals surface area contributed by atoms with E-state index in [0.717, 1.165) is 45.8 Å². The van der Waals surface area contributed by atoms with Gasteiger partial charge < -0.3 is 19.5 Å². The molecule has 0 aromatic rings. The second-order valence-electron chi connectivity index (χ2n) is 5.50. The molecule has 0 amide bonds. The Labute approximate surface area is 104 Å². The van der Waals surface area contributed by atoms with Crippen molar-refractivity contribution < 1.29 is 14.2 Å². The Balaban J connectivity index is 1.52. The lowest BCUT2D eigenvalue weighted by Gasteiger charge is -2.27. The number of rotatable bonds is 7. The number of hydrogen-bond acceptors (Lipinski definition) is 4. The zero-order chi connectivity index (χ0) is 12.1. The Morgan fingerprint density at radius 2 is 2.00 bits per heavy atom. The summed E-state index contributed by atoms with van der Waals surface area (Å²) in [6.45, 7) is 8.73. The molecule has 0 aliphatic carbocycles. The first-order valence-electron chi connectivity index (χ1n) is 6.79. The first-order chi connectivity index (χ1) is 8.24. The molecule has 100 valence electrons. The maximum absolute atomic E-state index is 5.93. The molecule has 1 N–H and O–H groups in total. The molecule has 2 fully saturated rings. The van der Waals surface area contributed by atoms with Crippen LogP contribution in [0.25, 0.3) is 0 Å². The van der Waals surface area contributed by atoms with Gasteiger partial charge in [-0.1, -0.05) is 13.8 Å². The molecule has 0 aromatic heterocycles. The zero-order valence-corrected chi connectivity index (χ0v) is 11.0. The molecule has 2 unspecified atom stereocenters. The summed E-state index contributed by atoms with van der Waals surface area (Å²) < 4.78 is 16.7. The SMILES string of the molecule is CC(C)CNCC1CCC(COC2COC2)O1. The van der Waals surface area contributed by atoms with E-state index in [-0.39, 0.29) is 0 Å². The van der Waals surface area contributed by atoms with Crippen molar-refractivity contribution in [2.75, 3.05) is 32.9 Å². The molecule has 4 heteroatoms. The molecule has 2 atom stereocenters. The molecule has 17 heavy (non-hydrogen) atoms. The standard InChI is InChI=1S/C13H25NO3/c1-10(2)5-14-6-11-3-4-12(17-11)9-16-13-7-15-8-13/h10-14H,3-9H2,1-2H3. The maximum atomic E-state index is 5.93. The number of ether oxygens (including phenoxy) is 3. The van der Waals surface area contributed by atoms with Gasteiger partial charge in [0.05, 0.1) is 32.0 Å². The Kier molecular flexibility index (Phi) is 5.22. The largest absolute Gasteiger partial charge is 0.376 e. The van der Waals surface area contributed by atoms with Crippen molar-refractivity contribution in [3.05, 3.63) is 0 Å². The molecule has 0 spiro atoms. The highest BCUT2D eigenvalue weighted by Gasteiger charge is 2.27. The first kappa shape index (κ1) is 13.3. The third-order valence-electron chi connectivity index (χ3n) is 3.25. The van der Waals surface area contributed by atoms with Gasteiger partial charge in [-0.05, 0) is 25.3 Å². The summed E-state index contributed by atoms with van der Waals surface area (Å²) in [5, 5.41) is 3.45. The fourth-order valence-corrected chi connectivity index (χ4v) is 2.14. The van der Waals surface area contributed by atoms with Gasteiger partial charge in [-0.2, -0.15) is 0 Å². The summed E-state index contributed by atoms with van der Waals surface area (Å²) in [7, 11) is 0. The Morgan fingerprint density at radius 1 is 1.24 bits per heavy atom. The van der Waals surface area contributed by atoms with E-state index in [2.05, 4.69) is 19.2 Å². The van der Waals surface area contributed by atoms with E-state index in [4.69, 9.17) is 14.2 Å². The van der Waals surface area contributed by atoms with E-state index in [0.29, 0.717) is 24.2 Å². The molecule has 0 saturated carbocycles. The van der Waals surface area contributed by atoms with Crippen LogP contribution in [-0.4, -0.2) is 51.2 Å². The molecule has 2 rings (SSSR count). The summed E-state index contributed by atoms with van der Waals surface area (Å²) in [6, 6.07) is 0. The van der Waals surface area contributed by atoms with Gasteiger partial charge in [0.25, 0.3) is 0 Å². The third kappa shape index (κ3) is 4.54. The van der Waals surface area contributed by atoms with Crippen molar-refractivity contribution in [1.29, 1.82) is 0 Å². The monoisotopic (exact) mass is 243 g/mol. The summed E-state index contributed by atoms with van der Waals surface area (Å²) in [5.74, 6) is 0.703. The van der Waals surface area contributed by atoms with Crippen LogP contribution < -0.4 is 5.32 Å². The van der Waals surface area contributed by atoms with Gasteiger partial charge in [0.2, 0.25) is 0 Å². The van der Waals surface area contributed by atoms with Crippen LogP contribution in [0.15, 0.2) is 0 Å². The predicted molar refractivity (Wildman–Crippen MR) is 66.2 cm³/mol. The van der Waals surface area contributed by atoms with Crippen molar-refractivity contribution in [1.82, 2.24) is 5.32 Å². The minimum absolute atomic E-state index is 0.293. The fourth-order valence-electron chi connectivity index (χ4n) is 2.14. The van der Waals surface area contributed by atoms with Crippen LogP contribution in [0, 0.1) is 5.92 Å². The first-order valence-corrected chi connectivity index (χ1v) is 6.79. The minimum Gasteiger partial charge on any atom is -0.376 e. The zero-order valence-electron chi connectivity index (χ0n) is 11.0. The molecular formula is C13H25NO3. The second-order valence-corrected chi connectivity index (χ2v) is 5.50. The van der Waals surface area contributed by atoms with E-state index in [1.54, 1.807) is 0 Å². The average Bonchev–Trinajstić information content (AvgIpc) is 2.63. The average molecular weight is 243 g/mol. The van der Waals surface area contributed by atoms with Gasteiger partial charge >= 0.3 is 0 Å². The molecule has 0 aromatic carbocycles. The molecule has 2 saturated heterocycles. The molecule has 0 radical (unpaired) electrons. The highest BCUT2D eigenvalue weighted by atomic mass is 16.6. The summed E-state index contributed by atoms with van der Waals surface area (Å²) in [6.07, 6.45) is 3.26. The van der Waals surface area contributed by atoms with Gasteiger partial charge in [0.1, 0.15) is 6.10 Å². The van der Waals surface area contributed by atoms with Crippen molar-refractivity contribution in [3.63, 3.8) is 0 Å². The Hall–Kier alpha value is -0.160. The number of hydrogen-bond donors (Lipinski definition) is 1. The molecule has 0 bridgehead atoms. The summed E-state index contributed by atoms with van der Waals surface area (Å²) in [4.78, 5) is 0. The van der Waals surface area contributed by atoms with E-state index >= 15 is 0 Å². The van der Waals surface area contributed by atoms with E-state index in [1.807, 2.05) is 0 Å². The van der Waals surface area contributed by atoms with Crippen molar-refractivity contribution in [3.8, 4) is 0 Å². The number of nitrogens with one attached hydrogen (secondary N) is 1. The Bertz CT molecular complexity index is 219. The lowest BCUT2D eigenvalue weighted by Crippen LogP contribution is -2.38. The molecule has 2 aliphatic rings. The van der Waals surface area contributed by atoms with Crippen molar-refractivity contribution in [2.24, 2.45) is 5.92 Å². The Morgan fingerprint density at radius 3 is 2.65 bits per heavy atom. The van der Waals surface area contributed by atoms with Crippen LogP contribution in [0.3, 0.4) is 0 Å². The van der Waals surface area contributed by atoms with Crippen LogP contribution in [0.1, 0.15) is 26.7 Å². The predicted octanol–water partition coefficient (Wildman–Crippen LogP) is 1.19. The van der Waals surface area contributed by atoms with Gasteiger partial charge in [-0.25, -0.2) is 0 Å². The maximum Gasteiger partial charge on any atom is 0.104 e. The normalized spacial score (nSPS) is 29.8. The van der Waals surface area contributed by atoms with Crippen LogP contribution in [0.5, 0.6) is 0 Å². The van der Waals surface area contributed by atoms with Crippen LogP contribution in [0.4, 0.5) is 0 Å². The summed E-state index contributed by atoms with van der Waals surface area (Å²) in [5.41, 5.74) is 0. The third-order valence-corrected chi connectivity index (χ3v) is 3.25. The lowest BCUT2D eigenvalue weighted by molar-refractivity contribution is -0.147. The van der Waals surface area contributed by atoms with Gasteiger partial charge in [-0.15, -0.1) is 0 Å². The fraction of sp³-hybridized carbons (Fsp3) is 1.00. The smallest absolute Gasteiger partial charge is 0.104 e. The van der Waals surface area contributed by atoms with Crippen LogP contribution >= 0.6 is 0 Å². The van der Waals surface area contributed by atoms with Crippen molar-refractivity contribution >= 4 is 0 Å². The van der Waals surface area contributed by atoms with E-state index < -0.39 is 0 Å². The molecular weight excluding hydrogens is 218 g/mol. The molecule has 2 aliphatic heterocycles. The van der Waals surface area contributed by atoms with Gasteiger partial charge in [-0.3, -0.25) is 0 Å². The highest BCUT2D eigenvalue weighted by Crippen LogP contribution is 2.20. The van der Waals surface area contributed by atoms with Gasteiger partial charge in [0, 0.05) is 6.54 Å². The second kappa shape index (κ2) is 6.69. The van der Waals surface area contributed by atoms with Crippen LogP contribution in [0.2, 0.25) is 0 Å². The van der Waals surface area contributed by atoms with E-state index in [1.165, 1.54) is 0 Å². The highest BCUT2D eigenvalue weighted by molar-refractivity contribution is 4.76. The molecule has 4 nitrogen and oxygen atoms in total. The minimum atomic E-state index is 0.293. The lowest BCUT2D eigenvalue weighted by atomic mass is 10.2. The molecule has 2 heterocycles. The van der Waals surface area contributed by atoms with Crippen molar-refractivity contribution in [2.45, 2.75) is 45.0 Å².